The number of benzene rings is 4. The van der Waals surface area contributed by atoms with Crippen LogP contribution >= 0.6 is 0 Å². The molecule has 1 atom stereocenters. The molecule has 0 aliphatic rings. The van der Waals surface area contributed by atoms with E-state index in [1.807, 2.05) is 72.8 Å². The normalized spacial score (nSPS) is 12.1. The maximum atomic E-state index is 13.1. The fourth-order valence-electron chi connectivity index (χ4n) is 4.17. The van der Waals surface area contributed by atoms with Gasteiger partial charge in [-0.25, -0.2) is 4.79 Å². The molecule has 0 aliphatic heterocycles. The summed E-state index contributed by atoms with van der Waals surface area (Å²) in [6.45, 7) is -0.141. The van der Waals surface area contributed by atoms with Crippen molar-refractivity contribution < 1.29 is 9.90 Å². The number of nitrogens with one attached hydrogen (secondary N) is 2. The van der Waals surface area contributed by atoms with Crippen molar-refractivity contribution in [2.24, 2.45) is 0 Å². The predicted octanol–water partition coefficient (Wildman–Crippen LogP) is 4.09. The molecule has 158 valence electrons. The number of para-hydroxylation sites is 2. The molecule has 0 radical (unpaired) electrons. The number of hydrogen-bond acceptors (Lipinski definition) is 3. The highest BCUT2D eigenvalue weighted by atomic mass is 16.3. The second kappa shape index (κ2) is 8.07. The second-order valence-electron chi connectivity index (χ2n) is 7.66. The van der Waals surface area contributed by atoms with Gasteiger partial charge in [0.1, 0.15) is 12.3 Å². The quantitative estimate of drug-likeness (QED) is 0.398. The molecular formula is C26H21N3O3. The van der Waals surface area contributed by atoms with Crippen molar-refractivity contribution in [2.75, 3.05) is 0 Å². The van der Waals surface area contributed by atoms with E-state index in [-0.39, 0.29) is 23.9 Å². The number of phenolic OH excluding ortho intramolecular Hbond substituents is 1. The Morgan fingerprint density at radius 1 is 0.906 bits per heavy atom. The van der Waals surface area contributed by atoms with E-state index in [0.717, 1.165) is 16.3 Å². The summed E-state index contributed by atoms with van der Waals surface area (Å²) < 4.78 is 1.41. The highest BCUT2D eigenvalue weighted by Gasteiger charge is 2.23. The molecule has 0 saturated heterocycles. The summed E-state index contributed by atoms with van der Waals surface area (Å²) in [5.41, 5.74) is 2.45. The number of hydrogen-bond donors (Lipinski definition) is 3. The maximum Gasteiger partial charge on any atom is 0.326 e. The summed E-state index contributed by atoms with van der Waals surface area (Å²) in [6, 6.07) is 27.4. The Morgan fingerprint density at radius 2 is 1.62 bits per heavy atom. The van der Waals surface area contributed by atoms with E-state index < -0.39 is 6.04 Å². The lowest BCUT2D eigenvalue weighted by Gasteiger charge is -2.23. The molecule has 1 amide bonds. The van der Waals surface area contributed by atoms with Gasteiger partial charge in [-0.3, -0.25) is 9.36 Å². The van der Waals surface area contributed by atoms with Crippen molar-refractivity contribution >= 4 is 27.7 Å². The lowest BCUT2D eigenvalue weighted by Crippen LogP contribution is -2.34. The third kappa shape index (κ3) is 3.52. The summed E-state index contributed by atoms with van der Waals surface area (Å²) in [4.78, 5) is 28.3. The molecule has 6 nitrogen and oxygen atoms in total. The van der Waals surface area contributed by atoms with Gasteiger partial charge < -0.3 is 15.4 Å². The number of H-pyrrole nitrogens is 1. The summed E-state index contributed by atoms with van der Waals surface area (Å²) in [6.07, 6.45) is 0. The van der Waals surface area contributed by atoms with E-state index in [0.29, 0.717) is 16.6 Å². The molecule has 1 heterocycles. The first kappa shape index (κ1) is 19.6. The standard InChI is InChI=1S/C26H21N3O3/c30-22-15-14-17-8-4-5-11-19(17)24(22)25(18-9-2-1-3-10-18)28-23(31)16-29-21-13-7-6-12-20(21)27-26(29)32/h1-15,25,30H,16H2,(H,27,32)(H,28,31). The number of nitrogens with zero attached hydrogens (tertiary/aromatic N) is 1. The van der Waals surface area contributed by atoms with E-state index in [1.165, 1.54) is 4.57 Å². The summed E-state index contributed by atoms with van der Waals surface area (Å²) in [5, 5.41) is 15.6. The van der Waals surface area contributed by atoms with Gasteiger partial charge in [0.2, 0.25) is 5.91 Å². The SMILES string of the molecule is O=C(Cn1c(=O)[nH]c2ccccc21)NC(c1ccccc1)c1c(O)ccc2ccccc12. The number of aromatic hydroxyl groups is 1. The fraction of sp³-hybridized carbons (Fsp3) is 0.0769. The number of aromatic nitrogens is 2. The first-order chi connectivity index (χ1) is 15.6. The average molecular weight is 423 g/mol. The van der Waals surface area contributed by atoms with Crippen LogP contribution in [0, 0.1) is 0 Å². The van der Waals surface area contributed by atoms with Gasteiger partial charge in [-0.2, -0.15) is 0 Å². The van der Waals surface area contributed by atoms with Crippen LogP contribution in [0.3, 0.4) is 0 Å². The lowest BCUT2D eigenvalue weighted by atomic mass is 9.92. The zero-order valence-corrected chi connectivity index (χ0v) is 17.2. The van der Waals surface area contributed by atoms with Crippen molar-refractivity contribution in [1.29, 1.82) is 0 Å². The molecule has 3 N–H and O–H groups in total. The van der Waals surface area contributed by atoms with Crippen molar-refractivity contribution in [3.8, 4) is 5.75 Å². The zero-order valence-electron chi connectivity index (χ0n) is 17.2. The Balaban J connectivity index is 1.56. The molecule has 1 unspecified atom stereocenters. The van der Waals surface area contributed by atoms with Crippen LogP contribution in [-0.2, 0) is 11.3 Å². The van der Waals surface area contributed by atoms with Crippen molar-refractivity contribution in [1.82, 2.24) is 14.9 Å². The van der Waals surface area contributed by atoms with Gasteiger partial charge >= 0.3 is 5.69 Å². The van der Waals surface area contributed by atoms with Gasteiger partial charge in [0, 0.05) is 5.56 Å². The third-order valence-corrected chi connectivity index (χ3v) is 5.66. The smallest absolute Gasteiger partial charge is 0.326 e. The van der Waals surface area contributed by atoms with Crippen LogP contribution in [0.15, 0.2) is 95.8 Å². The molecule has 6 heteroatoms. The molecule has 5 rings (SSSR count). The maximum absolute atomic E-state index is 13.1. The van der Waals surface area contributed by atoms with E-state index in [9.17, 15) is 14.7 Å². The third-order valence-electron chi connectivity index (χ3n) is 5.66. The van der Waals surface area contributed by atoms with Gasteiger partial charge in [-0.15, -0.1) is 0 Å². The van der Waals surface area contributed by atoms with Gasteiger partial charge in [-0.1, -0.05) is 72.8 Å². The van der Waals surface area contributed by atoms with E-state index in [4.69, 9.17) is 0 Å². The van der Waals surface area contributed by atoms with Crippen LogP contribution in [0.4, 0.5) is 0 Å². The zero-order chi connectivity index (χ0) is 22.1. The molecule has 1 aromatic heterocycles. The summed E-state index contributed by atoms with van der Waals surface area (Å²) >= 11 is 0. The van der Waals surface area contributed by atoms with Crippen molar-refractivity contribution in [3.63, 3.8) is 0 Å². The van der Waals surface area contributed by atoms with Gasteiger partial charge in [0.25, 0.3) is 0 Å². The number of phenols is 1. The Hall–Kier alpha value is -4.32. The summed E-state index contributed by atoms with van der Waals surface area (Å²) in [7, 11) is 0. The fourth-order valence-corrected chi connectivity index (χ4v) is 4.17. The highest BCUT2D eigenvalue weighted by molar-refractivity contribution is 5.89. The highest BCUT2D eigenvalue weighted by Crippen LogP contribution is 2.35. The van der Waals surface area contributed by atoms with Crippen LogP contribution in [0.5, 0.6) is 5.75 Å². The Bertz CT molecular complexity index is 1490. The Labute approximate surface area is 183 Å². The molecular weight excluding hydrogens is 402 g/mol. The number of aromatic amines is 1. The number of carbonyl (C=O) groups excluding carboxylic acids is 1. The van der Waals surface area contributed by atoms with Crippen LogP contribution in [-0.4, -0.2) is 20.6 Å². The topological polar surface area (TPSA) is 87.1 Å². The minimum atomic E-state index is -0.587. The minimum absolute atomic E-state index is 0.0992. The molecule has 0 spiro atoms. The Kier molecular flexibility index (Phi) is 4.95. The first-order valence-electron chi connectivity index (χ1n) is 10.3. The molecule has 32 heavy (non-hydrogen) atoms. The number of imidazole rings is 1. The lowest BCUT2D eigenvalue weighted by molar-refractivity contribution is -0.122. The van der Waals surface area contributed by atoms with Crippen molar-refractivity contribution in [3.05, 3.63) is 113 Å². The molecule has 0 fully saturated rings. The number of rotatable bonds is 5. The van der Waals surface area contributed by atoms with Crippen LogP contribution in [0.25, 0.3) is 21.8 Å². The van der Waals surface area contributed by atoms with Crippen LogP contribution < -0.4 is 11.0 Å². The molecule has 0 bridgehead atoms. The molecule has 5 aromatic rings. The van der Waals surface area contributed by atoms with E-state index in [1.54, 1.807) is 18.2 Å². The number of amides is 1. The average Bonchev–Trinajstić information content (AvgIpc) is 3.13. The number of fused-ring (bicyclic) bond motifs is 2. The van der Waals surface area contributed by atoms with Gasteiger partial charge in [0.05, 0.1) is 17.1 Å². The molecule has 0 saturated carbocycles. The van der Waals surface area contributed by atoms with E-state index in [2.05, 4.69) is 10.3 Å². The summed E-state index contributed by atoms with van der Waals surface area (Å²) in [5.74, 6) is -0.236. The first-order valence-corrected chi connectivity index (χ1v) is 10.3. The minimum Gasteiger partial charge on any atom is -0.508 e. The van der Waals surface area contributed by atoms with E-state index >= 15 is 0 Å². The van der Waals surface area contributed by atoms with Crippen LogP contribution in [0.1, 0.15) is 17.2 Å². The number of carbonyl (C=O) groups is 1. The predicted molar refractivity (Wildman–Crippen MR) is 125 cm³/mol. The largest absolute Gasteiger partial charge is 0.508 e. The van der Waals surface area contributed by atoms with Crippen LogP contribution in [0.2, 0.25) is 0 Å². The molecule has 0 aliphatic carbocycles. The van der Waals surface area contributed by atoms with Gasteiger partial charge in [0.15, 0.2) is 0 Å². The second-order valence-corrected chi connectivity index (χ2v) is 7.66. The monoisotopic (exact) mass is 423 g/mol. The van der Waals surface area contributed by atoms with Gasteiger partial charge in [-0.05, 0) is 34.5 Å². The molecule has 4 aromatic carbocycles. The Morgan fingerprint density at radius 3 is 2.47 bits per heavy atom. The van der Waals surface area contributed by atoms with Crippen molar-refractivity contribution in [2.45, 2.75) is 12.6 Å².